The van der Waals surface area contributed by atoms with Gasteiger partial charge in [0.05, 0.1) is 6.16 Å². The molecule has 0 aromatic carbocycles. The van der Waals surface area contributed by atoms with Crippen LogP contribution in [0.4, 0.5) is 0 Å². The van der Waals surface area contributed by atoms with Crippen molar-refractivity contribution in [3.05, 3.63) is 0 Å². The fourth-order valence-corrected chi connectivity index (χ4v) is 4.77. The van der Waals surface area contributed by atoms with Crippen molar-refractivity contribution in [1.82, 2.24) is 0 Å². The molecule has 0 saturated heterocycles. The van der Waals surface area contributed by atoms with Gasteiger partial charge in [-0.2, -0.15) is 0 Å². The maximum atomic E-state index is 11.5. The van der Waals surface area contributed by atoms with Crippen LogP contribution in [-0.2, 0) is 37.4 Å². The third-order valence-electron chi connectivity index (χ3n) is 3.68. The molecule has 14 nitrogen and oxygen atoms in total. The molecule has 0 spiro atoms. The molecule has 0 aromatic rings. The standard InChI is InChI=1S/C9H17O7P.C8H15O7P/c1-2-3-6-17(14,15)16-7(9(12)13)4-5-8(10)11;1-2-5-16(13,14)15-6(8(11)12)3-4-7(9)10/h7H,2-6H2,1H3,(H,10,11)(H,12,13)(H,14,15);6H,2-5H2,1H3,(H,9,10)(H,11,12)(H,13,14). The lowest BCUT2D eigenvalue weighted by Crippen LogP contribution is -2.24. The smallest absolute Gasteiger partial charge is 0.333 e. The van der Waals surface area contributed by atoms with Crippen molar-refractivity contribution in [3.8, 4) is 0 Å². The van der Waals surface area contributed by atoms with E-state index in [0.29, 0.717) is 19.3 Å². The van der Waals surface area contributed by atoms with Crippen molar-refractivity contribution >= 4 is 39.1 Å². The number of hydrogen-bond donors (Lipinski definition) is 6. The Balaban J connectivity index is 0. The van der Waals surface area contributed by atoms with Crippen LogP contribution < -0.4 is 0 Å². The number of hydrogen-bond acceptors (Lipinski definition) is 8. The van der Waals surface area contributed by atoms with Gasteiger partial charge in [0.15, 0.2) is 12.2 Å². The minimum Gasteiger partial charge on any atom is -0.481 e. The van der Waals surface area contributed by atoms with E-state index in [1.165, 1.54) is 0 Å². The SMILES string of the molecule is CCCCP(=O)(O)OC(CCC(=O)O)C(=O)O.CCCP(=O)(O)OC(CCC(=O)O)C(=O)O. The third kappa shape index (κ3) is 19.4. The van der Waals surface area contributed by atoms with E-state index >= 15 is 0 Å². The van der Waals surface area contributed by atoms with Crippen molar-refractivity contribution < 1.29 is 67.6 Å². The van der Waals surface area contributed by atoms with Gasteiger partial charge in [0.1, 0.15) is 0 Å². The first-order valence-electron chi connectivity index (χ1n) is 9.96. The van der Waals surface area contributed by atoms with Gasteiger partial charge in [-0.3, -0.25) is 27.8 Å². The number of aliphatic carboxylic acids is 4. The molecule has 0 bridgehead atoms. The lowest BCUT2D eigenvalue weighted by molar-refractivity contribution is -0.148. The van der Waals surface area contributed by atoms with Gasteiger partial charge in [-0.25, -0.2) is 9.59 Å². The average molecular weight is 522 g/mol. The van der Waals surface area contributed by atoms with Gasteiger partial charge < -0.3 is 30.2 Å². The molecule has 0 fully saturated rings. The number of carboxylic acids is 4. The Hall–Kier alpha value is -1.82. The molecule has 0 saturated carbocycles. The molecular weight excluding hydrogens is 490 g/mol. The van der Waals surface area contributed by atoms with Crippen LogP contribution >= 0.6 is 15.2 Å². The maximum Gasteiger partial charge on any atom is 0.333 e. The Morgan fingerprint density at radius 1 is 0.697 bits per heavy atom. The Kier molecular flexibility index (Phi) is 16.9. The second kappa shape index (κ2) is 16.7. The summed E-state index contributed by atoms with van der Waals surface area (Å²) in [6, 6.07) is 0. The fourth-order valence-electron chi connectivity index (χ4n) is 2.10. The van der Waals surface area contributed by atoms with Gasteiger partial charge in [-0.15, -0.1) is 0 Å². The highest BCUT2D eigenvalue weighted by atomic mass is 31.2. The maximum absolute atomic E-state index is 11.5. The molecule has 0 aliphatic rings. The summed E-state index contributed by atoms with van der Waals surface area (Å²) in [5, 5.41) is 34.2. The molecule has 0 radical (unpaired) electrons. The van der Waals surface area contributed by atoms with Gasteiger partial charge in [0.2, 0.25) is 0 Å². The van der Waals surface area contributed by atoms with Gasteiger partial charge in [0.25, 0.3) is 0 Å². The molecule has 4 unspecified atom stereocenters. The largest absolute Gasteiger partial charge is 0.481 e. The van der Waals surface area contributed by atoms with E-state index in [0.717, 1.165) is 0 Å². The molecular formula is C17H32O14P2. The highest BCUT2D eigenvalue weighted by Gasteiger charge is 2.30. The Morgan fingerprint density at radius 2 is 1.06 bits per heavy atom. The molecule has 33 heavy (non-hydrogen) atoms. The first-order valence-corrected chi connectivity index (χ1v) is 13.5. The highest BCUT2D eigenvalue weighted by Crippen LogP contribution is 2.45. The van der Waals surface area contributed by atoms with Crippen molar-refractivity contribution in [2.45, 2.75) is 71.0 Å². The Morgan fingerprint density at radius 3 is 1.33 bits per heavy atom. The van der Waals surface area contributed by atoms with Crippen LogP contribution in [0, 0.1) is 0 Å². The predicted molar refractivity (Wildman–Crippen MR) is 113 cm³/mol. The minimum atomic E-state index is -3.95. The van der Waals surface area contributed by atoms with Crippen molar-refractivity contribution in [2.24, 2.45) is 0 Å². The van der Waals surface area contributed by atoms with E-state index in [1.54, 1.807) is 6.92 Å². The Bertz CT molecular complexity index is 737. The number of rotatable bonds is 17. The first kappa shape index (κ1) is 33.4. The van der Waals surface area contributed by atoms with E-state index in [-0.39, 0.29) is 25.2 Å². The zero-order valence-electron chi connectivity index (χ0n) is 18.4. The van der Waals surface area contributed by atoms with Crippen molar-refractivity contribution in [2.75, 3.05) is 12.3 Å². The molecule has 0 aliphatic heterocycles. The van der Waals surface area contributed by atoms with E-state index < -0.39 is 64.1 Å². The van der Waals surface area contributed by atoms with Crippen LogP contribution in [-0.4, -0.2) is 78.6 Å². The fraction of sp³-hybridized carbons (Fsp3) is 0.765. The lowest BCUT2D eigenvalue weighted by Gasteiger charge is -2.17. The molecule has 0 aromatic heterocycles. The first-order chi connectivity index (χ1) is 15.1. The molecule has 0 aliphatic carbocycles. The number of carboxylic acid groups (broad SMARTS) is 4. The van der Waals surface area contributed by atoms with E-state index in [9.17, 15) is 38.1 Å². The zero-order chi connectivity index (χ0) is 26.2. The van der Waals surface area contributed by atoms with Crippen LogP contribution in [0.3, 0.4) is 0 Å². The van der Waals surface area contributed by atoms with Crippen LogP contribution in [0.5, 0.6) is 0 Å². The second-order valence-electron chi connectivity index (χ2n) is 6.81. The summed E-state index contributed by atoms with van der Waals surface area (Å²) in [7, 11) is -7.89. The van der Waals surface area contributed by atoms with Crippen LogP contribution in [0.15, 0.2) is 0 Å². The predicted octanol–water partition coefficient (Wildman–Crippen LogP) is 2.22. The number of carbonyl (C=O) groups is 4. The van der Waals surface area contributed by atoms with Gasteiger partial charge in [-0.1, -0.05) is 20.3 Å². The minimum absolute atomic E-state index is 0.125. The summed E-state index contributed by atoms with van der Waals surface area (Å²) in [6.07, 6.45) is -3.41. The topological polar surface area (TPSA) is 242 Å². The van der Waals surface area contributed by atoms with Gasteiger partial charge in [0, 0.05) is 19.0 Å². The summed E-state index contributed by atoms with van der Waals surface area (Å²) in [6.45, 7) is 3.47. The van der Waals surface area contributed by atoms with E-state index in [2.05, 4.69) is 9.05 Å². The third-order valence-corrected chi connectivity index (χ3v) is 6.74. The Labute approximate surface area is 190 Å². The van der Waals surface area contributed by atoms with Crippen LogP contribution in [0.2, 0.25) is 0 Å². The van der Waals surface area contributed by atoms with Crippen molar-refractivity contribution in [1.29, 1.82) is 0 Å². The molecule has 0 amide bonds. The highest BCUT2D eigenvalue weighted by molar-refractivity contribution is 7.53. The van der Waals surface area contributed by atoms with Crippen LogP contribution in [0.1, 0.15) is 58.8 Å². The average Bonchev–Trinajstić information content (AvgIpc) is 2.66. The summed E-state index contributed by atoms with van der Waals surface area (Å²) >= 11 is 0. The van der Waals surface area contributed by atoms with Crippen LogP contribution in [0.25, 0.3) is 0 Å². The summed E-state index contributed by atoms with van der Waals surface area (Å²) < 4.78 is 31.9. The molecule has 0 rings (SSSR count). The number of unbranched alkanes of at least 4 members (excludes halogenated alkanes) is 1. The summed E-state index contributed by atoms with van der Waals surface area (Å²) in [5.41, 5.74) is 0. The molecule has 0 heterocycles. The monoisotopic (exact) mass is 522 g/mol. The normalized spacial score (nSPS) is 16.2. The zero-order valence-corrected chi connectivity index (χ0v) is 20.2. The second-order valence-corrected chi connectivity index (χ2v) is 10.7. The quantitative estimate of drug-likeness (QED) is 0.150. The van der Waals surface area contributed by atoms with Gasteiger partial charge >= 0.3 is 39.1 Å². The lowest BCUT2D eigenvalue weighted by atomic mass is 10.2. The summed E-state index contributed by atoms with van der Waals surface area (Å²) in [4.78, 5) is 60.5. The van der Waals surface area contributed by atoms with Gasteiger partial charge in [-0.05, 0) is 25.7 Å². The van der Waals surface area contributed by atoms with E-state index in [4.69, 9.17) is 20.4 Å². The summed E-state index contributed by atoms with van der Waals surface area (Å²) in [5.74, 6) is -5.23. The van der Waals surface area contributed by atoms with Crippen molar-refractivity contribution in [3.63, 3.8) is 0 Å². The molecule has 4 atom stereocenters. The molecule has 6 N–H and O–H groups in total. The molecule has 194 valence electrons. The van der Waals surface area contributed by atoms with E-state index in [1.807, 2.05) is 6.92 Å². The molecule has 16 heteroatoms.